The second-order valence-corrected chi connectivity index (χ2v) is 5.55. The van der Waals surface area contributed by atoms with Crippen molar-refractivity contribution in [2.24, 2.45) is 5.92 Å². The van der Waals surface area contributed by atoms with E-state index >= 15 is 0 Å². The summed E-state index contributed by atoms with van der Waals surface area (Å²) in [4.78, 5) is 3.88. The lowest BCUT2D eigenvalue weighted by Crippen LogP contribution is -2.30. The molecule has 5 nitrogen and oxygen atoms in total. The predicted molar refractivity (Wildman–Crippen MR) is 75.9 cm³/mol. The highest BCUT2D eigenvalue weighted by atomic mass is 19.1. The van der Waals surface area contributed by atoms with E-state index in [1.807, 2.05) is 6.92 Å². The van der Waals surface area contributed by atoms with Crippen LogP contribution in [0.15, 0.2) is 36.9 Å². The summed E-state index contributed by atoms with van der Waals surface area (Å²) in [5.74, 6) is -0.807. The molecular weight excluding hydrogens is 292 g/mol. The van der Waals surface area contributed by atoms with Gasteiger partial charge in [0.2, 0.25) is 0 Å². The first-order chi connectivity index (χ1) is 10.5. The van der Waals surface area contributed by atoms with Crippen LogP contribution in [-0.4, -0.2) is 38.7 Å². The molecule has 0 spiro atoms. The molecular formula is C15H19F2N3O2. The van der Waals surface area contributed by atoms with Crippen molar-refractivity contribution in [3.63, 3.8) is 0 Å². The molecule has 0 bridgehead atoms. The van der Waals surface area contributed by atoms with Crippen molar-refractivity contribution in [1.82, 2.24) is 14.8 Å². The molecule has 0 aliphatic carbocycles. The second kappa shape index (κ2) is 7.42. The third-order valence-corrected chi connectivity index (χ3v) is 3.40. The van der Waals surface area contributed by atoms with Gasteiger partial charge in [0, 0.05) is 18.6 Å². The van der Waals surface area contributed by atoms with Gasteiger partial charge in [-0.1, -0.05) is 6.07 Å². The zero-order chi connectivity index (χ0) is 16.0. The number of hydrogen-bond donors (Lipinski definition) is 1. The van der Waals surface area contributed by atoms with Gasteiger partial charge in [0.15, 0.2) is 0 Å². The summed E-state index contributed by atoms with van der Waals surface area (Å²) < 4.78 is 31.3. The largest absolute Gasteiger partial charge is 0.396 e. The van der Waals surface area contributed by atoms with Gasteiger partial charge < -0.3 is 9.84 Å². The molecule has 1 N–H and O–H groups in total. The molecule has 1 aliphatic heterocycles. The summed E-state index contributed by atoms with van der Waals surface area (Å²) >= 11 is 0. The number of rotatable bonds is 3. The summed E-state index contributed by atoms with van der Waals surface area (Å²) in [6.07, 6.45) is 4.08. The highest BCUT2D eigenvalue weighted by Crippen LogP contribution is 2.30. The third-order valence-electron chi connectivity index (χ3n) is 3.40. The molecule has 1 unspecified atom stereocenters. The lowest BCUT2D eigenvalue weighted by atomic mass is 9.96. The van der Waals surface area contributed by atoms with Crippen molar-refractivity contribution in [2.75, 3.05) is 13.2 Å². The van der Waals surface area contributed by atoms with Gasteiger partial charge in [-0.15, -0.1) is 0 Å². The van der Waals surface area contributed by atoms with E-state index in [9.17, 15) is 8.78 Å². The van der Waals surface area contributed by atoms with Gasteiger partial charge in [-0.3, -0.25) is 4.68 Å². The fourth-order valence-corrected chi connectivity index (χ4v) is 2.39. The standard InChI is InChI=1S/C9H15N3O2.C6H4F2/c1-9(2-8(3-13)4-14-9)5-12-7-10-6-11-12;7-5-2-1-3-6(8)4-5/h6-8,13H,2-5H2,1H3;1-4H/t8-,9?;/m1./s1. The maximum absolute atomic E-state index is 11.9. The smallest absolute Gasteiger partial charge is 0.137 e. The summed E-state index contributed by atoms with van der Waals surface area (Å²) in [6, 6.07) is 4.55. The molecule has 1 aliphatic rings. The fourth-order valence-electron chi connectivity index (χ4n) is 2.39. The molecule has 1 aromatic heterocycles. The quantitative estimate of drug-likeness (QED) is 0.942. The van der Waals surface area contributed by atoms with Gasteiger partial charge in [0.1, 0.15) is 24.3 Å². The normalized spacial score (nSPS) is 23.9. The first-order valence-electron chi connectivity index (χ1n) is 6.99. The molecule has 1 saturated heterocycles. The number of aliphatic hydroxyl groups excluding tert-OH is 1. The van der Waals surface area contributed by atoms with Crippen molar-refractivity contribution >= 4 is 0 Å². The van der Waals surface area contributed by atoms with Crippen LogP contribution in [0.25, 0.3) is 0 Å². The minimum atomic E-state index is -0.537. The zero-order valence-electron chi connectivity index (χ0n) is 12.3. The van der Waals surface area contributed by atoms with Crippen LogP contribution in [0.2, 0.25) is 0 Å². The molecule has 0 amide bonds. The van der Waals surface area contributed by atoms with Gasteiger partial charge in [0.25, 0.3) is 0 Å². The topological polar surface area (TPSA) is 60.2 Å². The Morgan fingerprint density at radius 3 is 2.59 bits per heavy atom. The Balaban J connectivity index is 0.000000188. The SMILES string of the molecule is CC1(Cn2cncn2)C[C@H](CO)CO1.Fc1cccc(F)c1. The molecule has 0 saturated carbocycles. The first kappa shape index (κ1) is 16.5. The number of aliphatic hydroxyl groups is 1. The average Bonchev–Trinajstić information content (AvgIpc) is 3.09. The van der Waals surface area contributed by atoms with E-state index in [4.69, 9.17) is 9.84 Å². The summed E-state index contributed by atoms with van der Waals surface area (Å²) in [5, 5.41) is 13.0. The number of benzene rings is 1. The Hall–Kier alpha value is -1.86. The summed E-state index contributed by atoms with van der Waals surface area (Å²) in [6.45, 7) is 3.59. The van der Waals surface area contributed by atoms with E-state index in [0.717, 1.165) is 12.5 Å². The van der Waals surface area contributed by atoms with Crippen molar-refractivity contribution in [3.8, 4) is 0 Å². The van der Waals surface area contributed by atoms with E-state index in [1.54, 1.807) is 11.0 Å². The highest BCUT2D eigenvalue weighted by molar-refractivity contribution is 5.04. The third kappa shape index (κ3) is 4.85. The van der Waals surface area contributed by atoms with E-state index in [2.05, 4.69) is 10.1 Å². The highest BCUT2D eigenvalue weighted by Gasteiger charge is 2.36. The molecule has 1 fully saturated rings. The maximum atomic E-state index is 11.9. The van der Waals surface area contributed by atoms with Crippen molar-refractivity contribution in [1.29, 1.82) is 0 Å². The van der Waals surface area contributed by atoms with Crippen LogP contribution in [0.4, 0.5) is 8.78 Å². The Bertz CT molecular complexity index is 563. The number of nitrogens with zero attached hydrogens (tertiary/aromatic N) is 3. The lowest BCUT2D eigenvalue weighted by Gasteiger charge is -2.22. The predicted octanol–water partition coefficient (Wildman–Crippen LogP) is 2.03. The van der Waals surface area contributed by atoms with E-state index in [-0.39, 0.29) is 18.1 Å². The number of aromatic nitrogens is 3. The minimum Gasteiger partial charge on any atom is -0.396 e. The van der Waals surface area contributed by atoms with Gasteiger partial charge in [-0.05, 0) is 25.5 Å². The molecule has 120 valence electrons. The second-order valence-electron chi connectivity index (χ2n) is 5.55. The van der Waals surface area contributed by atoms with Crippen LogP contribution in [0.1, 0.15) is 13.3 Å². The number of ether oxygens (including phenoxy) is 1. The molecule has 7 heteroatoms. The minimum absolute atomic E-state index is 0.201. The molecule has 22 heavy (non-hydrogen) atoms. The van der Waals surface area contributed by atoms with Crippen LogP contribution >= 0.6 is 0 Å². The Labute approximate surface area is 127 Å². The molecule has 1 aromatic carbocycles. The Morgan fingerprint density at radius 1 is 1.41 bits per heavy atom. The van der Waals surface area contributed by atoms with Crippen LogP contribution in [0.3, 0.4) is 0 Å². The lowest BCUT2D eigenvalue weighted by molar-refractivity contribution is 0.00201. The van der Waals surface area contributed by atoms with E-state index < -0.39 is 11.6 Å². The molecule has 0 radical (unpaired) electrons. The van der Waals surface area contributed by atoms with Crippen molar-refractivity contribution in [2.45, 2.75) is 25.5 Å². The summed E-state index contributed by atoms with van der Waals surface area (Å²) in [5.41, 5.74) is -0.207. The Kier molecular flexibility index (Phi) is 5.57. The maximum Gasteiger partial charge on any atom is 0.137 e. The van der Waals surface area contributed by atoms with Crippen LogP contribution in [0.5, 0.6) is 0 Å². The van der Waals surface area contributed by atoms with Gasteiger partial charge in [0.05, 0.1) is 18.8 Å². The van der Waals surface area contributed by atoms with Crippen molar-refractivity contribution in [3.05, 3.63) is 48.6 Å². The monoisotopic (exact) mass is 311 g/mol. The molecule has 3 rings (SSSR count). The summed E-state index contributed by atoms with van der Waals surface area (Å²) in [7, 11) is 0. The molecule has 2 aromatic rings. The van der Waals surface area contributed by atoms with Crippen LogP contribution in [0, 0.1) is 17.6 Å². The fraction of sp³-hybridized carbons (Fsp3) is 0.467. The van der Waals surface area contributed by atoms with E-state index in [1.165, 1.54) is 24.5 Å². The molecule has 2 atom stereocenters. The van der Waals surface area contributed by atoms with Gasteiger partial charge >= 0.3 is 0 Å². The zero-order valence-corrected chi connectivity index (χ0v) is 12.3. The van der Waals surface area contributed by atoms with Gasteiger partial charge in [-0.2, -0.15) is 5.10 Å². The van der Waals surface area contributed by atoms with Crippen LogP contribution < -0.4 is 0 Å². The van der Waals surface area contributed by atoms with E-state index in [0.29, 0.717) is 13.2 Å². The van der Waals surface area contributed by atoms with Crippen LogP contribution in [-0.2, 0) is 11.3 Å². The number of hydrogen-bond acceptors (Lipinski definition) is 4. The first-order valence-corrected chi connectivity index (χ1v) is 6.99. The number of halogens is 2. The Morgan fingerprint density at radius 2 is 2.14 bits per heavy atom. The van der Waals surface area contributed by atoms with Crippen molar-refractivity contribution < 1.29 is 18.6 Å². The van der Waals surface area contributed by atoms with Gasteiger partial charge in [-0.25, -0.2) is 13.8 Å². The average molecular weight is 311 g/mol. The molecule has 2 heterocycles.